The fraction of sp³-hybridized carbons (Fsp3) is 0.700. The van der Waals surface area contributed by atoms with E-state index < -0.39 is 0 Å². The highest BCUT2D eigenvalue weighted by molar-refractivity contribution is 5.55. The summed E-state index contributed by atoms with van der Waals surface area (Å²) < 4.78 is 5.81. The van der Waals surface area contributed by atoms with Crippen molar-refractivity contribution >= 4 is 11.4 Å². The van der Waals surface area contributed by atoms with Crippen molar-refractivity contribution in [1.82, 2.24) is 4.90 Å². The van der Waals surface area contributed by atoms with E-state index in [1.807, 2.05) is 19.1 Å². The molecular formula is C20H31N3O3. The van der Waals surface area contributed by atoms with Crippen LogP contribution >= 0.6 is 0 Å². The average molecular weight is 361 g/mol. The zero-order valence-corrected chi connectivity index (χ0v) is 16.2. The van der Waals surface area contributed by atoms with E-state index in [1.54, 1.807) is 6.07 Å². The predicted octanol–water partition coefficient (Wildman–Crippen LogP) is 3.62. The van der Waals surface area contributed by atoms with Crippen LogP contribution in [0.1, 0.15) is 38.7 Å². The summed E-state index contributed by atoms with van der Waals surface area (Å²) in [5, 5.41) is 11.0. The summed E-state index contributed by atoms with van der Waals surface area (Å²) in [4.78, 5) is 15.6. The van der Waals surface area contributed by atoms with Crippen molar-refractivity contribution in [2.24, 2.45) is 5.92 Å². The van der Waals surface area contributed by atoms with Gasteiger partial charge in [-0.1, -0.05) is 0 Å². The summed E-state index contributed by atoms with van der Waals surface area (Å²) in [6, 6.07) is 5.48. The fourth-order valence-electron chi connectivity index (χ4n) is 4.35. The van der Waals surface area contributed by atoms with Gasteiger partial charge >= 0.3 is 0 Å². The van der Waals surface area contributed by atoms with Gasteiger partial charge in [-0.05, 0) is 64.6 Å². The van der Waals surface area contributed by atoms with E-state index in [4.69, 9.17) is 4.74 Å². The number of benzene rings is 1. The van der Waals surface area contributed by atoms with Gasteiger partial charge in [0.1, 0.15) is 0 Å². The molecule has 0 saturated carbocycles. The molecule has 26 heavy (non-hydrogen) atoms. The third-order valence-electron chi connectivity index (χ3n) is 5.71. The van der Waals surface area contributed by atoms with Gasteiger partial charge < -0.3 is 9.64 Å². The largest absolute Gasteiger partial charge is 0.373 e. The molecule has 2 fully saturated rings. The second-order valence-electron chi connectivity index (χ2n) is 7.96. The summed E-state index contributed by atoms with van der Waals surface area (Å²) in [6.07, 6.45) is 4.33. The first kappa shape index (κ1) is 19.1. The standard InChI is InChI=1S/C20H31N3O3/c1-15-12-19(4-5-20(15)23(24)25)22-10-7-18(8-11-22)6-9-21-13-16(2)26-17(3)14-21/h4-5,12,16-18H,6-11,13-14H2,1-3H3. The lowest BCUT2D eigenvalue weighted by molar-refractivity contribution is -0.385. The minimum atomic E-state index is -0.307. The molecule has 2 unspecified atom stereocenters. The van der Waals surface area contributed by atoms with Crippen LogP contribution in [0.5, 0.6) is 0 Å². The third kappa shape index (κ3) is 4.74. The maximum Gasteiger partial charge on any atom is 0.272 e. The molecule has 3 rings (SSSR count). The van der Waals surface area contributed by atoms with Crippen molar-refractivity contribution in [3.63, 3.8) is 0 Å². The maximum atomic E-state index is 11.0. The molecule has 1 aromatic rings. The molecule has 0 radical (unpaired) electrons. The number of nitro benzene ring substituents is 1. The minimum Gasteiger partial charge on any atom is -0.373 e. The van der Waals surface area contributed by atoms with Crippen LogP contribution in [0.3, 0.4) is 0 Å². The number of rotatable bonds is 5. The highest BCUT2D eigenvalue weighted by Gasteiger charge is 2.25. The number of piperidine rings is 1. The van der Waals surface area contributed by atoms with Gasteiger partial charge in [-0.2, -0.15) is 0 Å². The number of anilines is 1. The maximum absolute atomic E-state index is 11.0. The zero-order valence-electron chi connectivity index (χ0n) is 16.2. The number of morpholine rings is 1. The summed E-state index contributed by atoms with van der Waals surface area (Å²) in [5.74, 6) is 0.777. The Bertz CT molecular complexity index is 619. The third-order valence-corrected chi connectivity index (χ3v) is 5.71. The summed E-state index contributed by atoms with van der Waals surface area (Å²) >= 11 is 0. The smallest absolute Gasteiger partial charge is 0.272 e. The number of aryl methyl sites for hydroxylation is 1. The summed E-state index contributed by atoms with van der Waals surface area (Å²) in [5.41, 5.74) is 2.06. The highest BCUT2D eigenvalue weighted by atomic mass is 16.6. The Hall–Kier alpha value is -1.66. The molecule has 2 saturated heterocycles. The van der Waals surface area contributed by atoms with Crippen molar-refractivity contribution in [3.8, 4) is 0 Å². The van der Waals surface area contributed by atoms with Gasteiger partial charge in [-0.3, -0.25) is 15.0 Å². The number of hydrogen-bond donors (Lipinski definition) is 0. The Morgan fingerprint density at radius 3 is 2.42 bits per heavy atom. The van der Waals surface area contributed by atoms with Crippen LogP contribution in [0, 0.1) is 23.0 Å². The van der Waals surface area contributed by atoms with E-state index in [2.05, 4.69) is 23.6 Å². The number of nitro groups is 1. The first-order valence-corrected chi connectivity index (χ1v) is 9.80. The molecule has 2 heterocycles. The first-order valence-electron chi connectivity index (χ1n) is 9.80. The Kier molecular flexibility index (Phi) is 6.14. The van der Waals surface area contributed by atoms with Crippen molar-refractivity contribution < 1.29 is 9.66 Å². The van der Waals surface area contributed by atoms with Gasteiger partial charge in [0, 0.05) is 43.5 Å². The molecular weight excluding hydrogens is 330 g/mol. The first-order chi connectivity index (χ1) is 12.4. The SMILES string of the molecule is Cc1cc(N2CCC(CCN3CC(C)OC(C)C3)CC2)ccc1[N+](=O)[O-]. The zero-order chi connectivity index (χ0) is 18.7. The van der Waals surface area contributed by atoms with Gasteiger partial charge in [0.25, 0.3) is 5.69 Å². The molecule has 2 aliphatic heterocycles. The van der Waals surface area contributed by atoms with Gasteiger partial charge in [0.05, 0.1) is 17.1 Å². The van der Waals surface area contributed by atoms with Crippen LogP contribution in [-0.2, 0) is 4.74 Å². The molecule has 2 atom stereocenters. The second-order valence-corrected chi connectivity index (χ2v) is 7.96. The molecule has 6 heteroatoms. The molecule has 0 N–H and O–H groups in total. The van der Waals surface area contributed by atoms with Gasteiger partial charge in [0.2, 0.25) is 0 Å². The number of hydrogen-bond acceptors (Lipinski definition) is 5. The Balaban J connectivity index is 1.47. The topological polar surface area (TPSA) is 58.8 Å². The van der Waals surface area contributed by atoms with Crippen LogP contribution in [0.25, 0.3) is 0 Å². The summed E-state index contributed by atoms with van der Waals surface area (Å²) in [7, 11) is 0. The molecule has 2 aliphatic rings. The van der Waals surface area contributed by atoms with Crippen LogP contribution in [0.4, 0.5) is 11.4 Å². The van der Waals surface area contributed by atoms with Crippen molar-refractivity contribution in [2.45, 2.75) is 52.2 Å². The normalized spacial score (nSPS) is 25.4. The van der Waals surface area contributed by atoms with E-state index in [0.717, 1.165) is 43.3 Å². The fourth-order valence-corrected chi connectivity index (χ4v) is 4.35. The summed E-state index contributed by atoms with van der Waals surface area (Å²) in [6.45, 7) is 11.5. The van der Waals surface area contributed by atoms with Crippen LogP contribution in [0.15, 0.2) is 18.2 Å². The van der Waals surface area contributed by atoms with E-state index in [0.29, 0.717) is 12.2 Å². The number of ether oxygens (including phenoxy) is 1. The van der Waals surface area contributed by atoms with E-state index in [9.17, 15) is 10.1 Å². The molecule has 0 bridgehead atoms. The van der Waals surface area contributed by atoms with Crippen molar-refractivity contribution in [3.05, 3.63) is 33.9 Å². The quantitative estimate of drug-likeness (QED) is 0.592. The minimum absolute atomic E-state index is 0.206. The van der Waals surface area contributed by atoms with E-state index >= 15 is 0 Å². The van der Waals surface area contributed by atoms with Gasteiger partial charge in [-0.25, -0.2) is 0 Å². The Morgan fingerprint density at radius 1 is 1.19 bits per heavy atom. The van der Waals surface area contributed by atoms with E-state index in [-0.39, 0.29) is 10.6 Å². The van der Waals surface area contributed by atoms with Gasteiger partial charge in [-0.15, -0.1) is 0 Å². The second kappa shape index (κ2) is 8.35. The highest BCUT2D eigenvalue weighted by Crippen LogP contribution is 2.29. The van der Waals surface area contributed by atoms with Crippen LogP contribution in [-0.4, -0.2) is 54.8 Å². The molecule has 0 spiro atoms. The molecule has 0 amide bonds. The van der Waals surface area contributed by atoms with Crippen molar-refractivity contribution in [1.29, 1.82) is 0 Å². The molecule has 144 valence electrons. The van der Waals surface area contributed by atoms with E-state index in [1.165, 1.54) is 25.8 Å². The Morgan fingerprint density at radius 2 is 1.85 bits per heavy atom. The lowest BCUT2D eigenvalue weighted by Crippen LogP contribution is -2.46. The molecule has 1 aromatic carbocycles. The average Bonchev–Trinajstić information content (AvgIpc) is 2.59. The lowest BCUT2D eigenvalue weighted by Gasteiger charge is -2.37. The molecule has 6 nitrogen and oxygen atoms in total. The molecule has 0 aromatic heterocycles. The number of nitrogens with zero attached hydrogens (tertiary/aromatic N) is 3. The molecule has 0 aliphatic carbocycles. The predicted molar refractivity (Wildman–Crippen MR) is 104 cm³/mol. The monoisotopic (exact) mass is 361 g/mol. The van der Waals surface area contributed by atoms with Gasteiger partial charge in [0.15, 0.2) is 0 Å². The Labute approximate surface area is 156 Å². The van der Waals surface area contributed by atoms with Crippen molar-refractivity contribution in [2.75, 3.05) is 37.6 Å². The van der Waals surface area contributed by atoms with Crippen LogP contribution in [0.2, 0.25) is 0 Å². The van der Waals surface area contributed by atoms with Crippen LogP contribution < -0.4 is 4.90 Å². The lowest BCUT2D eigenvalue weighted by atomic mass is 9.92.